The Morgan fingerprint density at radius 3 is 1.81 bits per heavy atom. The van der Waals surface area contributed by atoms with Gasteiger partial charge < -0.3 is 14.8 Å². The first-order valence-corrected chi connectivity index (χ1v) is 14.1. The molecule has 2 rings (SSSR count). The Kier molecular flexibility index (Phi) is 7.31. The van der Waals surface area contributed by atoms with E-state index in [1.54, 1.807) is 0 Å². The molecule has 0 saturated carbocycles. The summed E-state index contributed by atoms with van der Waals surface area (Å²) >= 11 is 0. The number of benzene rings is 2. The highest BCUT2D eigenvalue weighted by Gasteiger charge is 2.30. The van der Waals surface area contributed by atoms with E-state index in [4.69, 9.17) is 9.47 Å². The number of hydrogen-bond donors (Lipinski definition) is 1. The van der Waals surface area contributed by atoms with Crippen LogP contribution in [0.25, 0.3) is 0 Å². The van der Waals surface area contributed by atoms with Crippen molar-refractivity contribution in [2.24, 2.45) is 0 Å². The van der Waals surface area contributed by atoms with Crippen LogP contribution in [0.2, 0.25) is 13.1 Å². The summed E-state index contributed by atoms with van der Waals surface area (Å²) in [6, 6.07) is 12.7. The van der Waals surface area contributed by atoms with E-state index in [0.29, 0.717) is 12.0 Å². The molecule has 4 nitrogen and oxygen atoms in total. The molecule has 0 aromatic heterocycles. The van der Waals surface area contributed by atoms with E-state index >= 15 is 0 Å². The van der Waals surface area contributed by atoms with Crippen LogP contribution in [0.3, 0.4) is 0 Å². The van der Waals surface area contributed by atoms with Crippen LogP contribution >= 0.6 is 0 Å². The number of nitrogens with one attached hydrogen (secondary N) is 1. The average Bonchev–Trinajstić information content (AvgIpc) is 2.64. The Labute approximate surface area is 189 Å². The molecule has 0 aliphatic heterocycles. The Morgan fingerprint density at radius 1 is 0.935 bits per heavy atom. The van der Waals surface area contributed by atoms with E-state index in [9.17, 15) is 4.79 Å². The molecule has 0 fully saturated rings. The van der Waals surface area contributed by atoms with Crippen LogP contribution in [0.4, 0.5) is 5.69 Å². The van der Waals surface area contributed by atoms with Gasteiger partial charge in [-0.1, -0.05) is 72.0 Å². The van der Waals surface area contributed by atoms with E-state index in [-0.39, 0.29) is 16.8 Å². The van der Waals surface area contributed by atoms with Crippen molar-refractivity contribution in [2.45, 2.75) is 72.4 Å². The number of anilines is 1. The largest absolute Gasteiger partial charge is 0.497 e. The Hall–Kier alpha value is -2.27. The lowest BCUT2D eigenvalue weighted by Gasteiger charge is -2.30. The van der Waals surface area contributed by atoms with Crippen LogP contribution in [0, 0.1) is 0 Å². The molecule has 1 N–H and O–H groups in total. The number of ether oxygens (including phenoxy) is 2. The molecule has 0 atom stereocenters. The molecule has 0 aliphatic carbocycles. The second-order valence-electron chi connectivity index (χ2n) is 10.9. The van der Waals surface area contributed by atoms with Crippen molar-refractivity contribution < 1.29 is 14.3 Å². The van der Waals surface area contributed by atoms with Crippen LogP contribution in [0.1, 0.15) is 59.6 Å². The molecule has 0 saturated heterocycles. The Morgan fingerprint density at radius 2 is 1.42 bits per heavy atom. The van der Waals surface area contributed by atoms with Gasteiger partial charge in [-0.3, -0.25) is 4.79 Å². The van der Waals surface area contributed by atoms with Crippen molar-refractivity contribution in [1.82, 2.24) is 0 Å². The van der Waals surface area contributed by atoms with E-state index in [1.807, 2.05) is 19.2 Å². The van der Waals surface area contributed by atoms with Gasteiger partial charge in [0.25, 0.3) is 0 Å². The fourth-order valence-electron chi connectivity index (χ4n) is 3.49. The molecule has 0 spiro atoms. The zero-order valence-corrected chi connectivity index (χ0v) is 21.9. The minimum atomic E-state index is -1.80. The molecular formula is C26H39NO3Si. The number of carbonyl (C=O) groups is 1. The van der Waals surface area contributed by atoms with Gasteiger partial charge in [-0.25, -0.2) is 0 Å². The van der Waals surface area contributed by atoms with Crippen molar-refractivity contribution in [3.8, 4) is 11.5 Å². The van der Waals surface area contributed by atoms with Crippen molar-refractivity contribution in [3.63, 3.8) is 0 Å². The normalized spacial score (nSPS) is 12.5. The molecule has 0 aliphatic rings. The fraction of sp³-hybridized carbons (Fsp3) is 0.500. The zero-order valence-electron chi connectivity index (χ0n) is 20.9. The third kappa shape index (κ3) is 6.36. The molecule has 31 heavy (non-hydrogen) atoms. The summed E-state index contributed by atoms with van der Waals surface area (Å²) in [6.45, 7) is 18.9. The summed E-state index contributed by atoms with van der Waals surface area (Å²) in [5.41, 5.74) is 2.70. The second-order valence-corrected chi connectivity index (χ2v) is 15.6. The predicted octanol–water partition coefficient (Wildman–Crippen LogP) is 5.78. The summed E-state index contributed by atoms with van der Waals surface area (Å²) < 4.78 is 12.1. The summed E-state index contributed by atoms with van der Waals surface area (Å²) in [5.74, 6) is 1.19. The summed E-state index contributed by atoms with van der Waals surface area (Å²) in [7, 11) is 0.131. The third-order valence-electron chi connectivity index (χ3n) is 5.48. The number of carbonyl (C=O) groups excluding carboxylic acids is 1. The third-order valence-corrected chi connectivity index (χ3v) is 8.24. The molecule has 0 radical (unpaired) electrons. The van der Waals surface area contributed by atoms with Gasteiger partial charge in [0, 0.05) is 30.8 Å². The lowest BCUT2D eigenvalue weighted by atomic mass is 9.79. The summed E-state index contributed by atoms with van der Waals surface area (Å²) in [6.07, 6.45) is 0.673. The number of esters is 1. The van der Waals surface area contributed by atoms with E-state index in [2.05, 4.69) is 84.2 Å². The SMILES string of the molecule is CNc1ccc([Si](C)(C)COc2cc(C(C)(C)C)c(OC(C)=O)c(C(C)(C)C)c2)cc1. The van der Waals surface area contributed by atoms with E-state index in [0.717, 1.165) is 22.6 Å². The highest BCUT2D eigenvalue weighted by Crippen LogP contribution is 2.42. The van der Waals surface area contributed by atoms with Gasteiger partial charge in [0.2, 0.25) is 0 Å². The smallest absolute Gasteiger partial charge is 0.308 e. The van der Waals surface area contributed by atoms with Crippen molar-refractivity contribution in [3.05, 3.63) is 47.5 Å². The van der Waals surface area contributed by atoms with Gasteiger partial charge in [-0.15, -0.1) is 0 Å². The molecule has 2 aromatic rings. The molecular weight excluding hydrogens is 402 g/mol. The van der Waals surface area contributed by atoms with Crippen LogP contribution in [0.15, 0.2) is 36.4 Å². The minimum absolute atomic E-state index is 0.194. The van der Waals surface area contributed by atoms with Crippen LogP contribution < -0.4 is 20.0 Å². The maximum Gasteiger partial charge on any atom is 0.308 e. The zero-order chi connectivity index (χ0) is 23.6. The first-order chi connectivity index (χ1) is 14.1. The van der Waals surface area contributed by atoms with Gasteiger partial charge in [-0.05, 0) is 35.1 Å². The molecule has 0 bridgehead atoms. The van der Waals surface area contributed by atoms with Gasteiger partial charge in [-0.2, -0.15) is 0 Å². The topological polar surface area (TPSA) is 47.6 Å². The quantitative estimate of drug-likeness (QED) is 0.350. The first-order valence-electron chi connectivity index (χ1n) is 10.9. The molecule has 170 valence electrons. The van der Waals surface area contributed by atoms with E-state index in [1.165, 1.54) is 12.1 Å². The first kappa shape index (κ1) is 25.0. The van der Waals surface area contributed by atoms with Gasteiger partial charge in [0.05, 0.1) is 6.23 Å². The molecule has 2 aromatic carbocycles. The molecule has 0 amide bonds. The summed E-state index contributed by atoms with van der Waals surface area (Å²) in [5, 5.41) is 4.53. The fourth-order valence-corrected chi connectivity index (χ4v) is 5.25. The average molecular weight is 442 g/mol. The molecule has 5 heteroatoms. The van der Waals surface area contributed by atoms with Crippen LogP contribution in [0.5, 0.6) is 11.5 Å². The Bertz CT molecular complexity index is 884. The standard InChI is InChI=1S/C26H39NO3Si/c1-18(28)30-24-22(25(2,3)4)15-20(16-23(24)26(5,6)7)29-17-31(9,10)21-13-11-19(27-8)12-14-21/h11-16,27H,17H2,1-10H3. The second kappa shape index (κ2) is 9.07. The predicted molar refractivity (Wildman–Crippen MR) is 134 cm³/mol. The Balaban J connectivity index is 2.45. The minimum Gasteiger partial charge on any atom is -0.497 e. The van der Waals surface area contributed by atoms with Gasteiger partial charge >= 0.3 is 5.97 Å². The van der Waals surface area contributed by atoms with Crippen molar-refractivity contribution in [2.75, 3.05) is 18.6 Å². The van der Waals surface area contributed by atoms with Crippen molar-refractivity contribution in [1.29, 1.82) is 0 Å². The highest BCUT2D eigenvalue weighted by atomic mass is 28.3. The van der Waals surface area contributed by atoms with Crippen molar-refractivity contribution >= 4 is 24.9 Å². The number of hydrogen-bond acceptors (Lipinski definition) is 4. The lowest BCUT2D eigenvalue weighted by Crippen LogP contribution is -2.47. The van der Waals surface area contributed by atoms with Crippen LogP contribution in [-0.4, -0.2) is 27.3 Å². The highest BCUT2D eigenvalue weighted by molar-refractivity contribution is 6.89. The van der Waals surface area contributed by atoms with Gasteiger partial charge in [0.1, 0.15) is 19.6 Å². The van der Waals surface area contributed by atoms with Gasteiger partial charge in [0.15, 0.2) is 0 Å². The molecule has 0 heterocycles. The maximum absolute atomic E-state index is 11.9. The monoisotopic (exact) mass is 441 g/mol. The lowest BCUT2D eigenvalue weighted by molar-refractivity contribution is -0.132. The van der Waals surface area contributed by atoms with Crippen LogP contribution in [-0.2, 0) is 15.6 Å². The number of rotatable bonds is 6. The molecule has 0 unspecified atom stereocenters. The maximum atomic E-state index is 11.9. The van der Waals surface area contributed by atoms with E-state index < -0.39 is 8.07 Å². The summed E-state index contributed by atoms with van der Waals surface area (Å²) in [4.78, 5) is 11.9.